The average molecular weight is 983 g/mol. The molecule has 1 saturated heterocycles. The Bertz CT molecular complexity index is 2570. The minimum Gasteiger partial charge on any atom is -0.491 e. The number of benzene rings is 1. The summed E-state index contributed by atoms with van der Waals surface area (Å²) >= 11 is 0. The number of pyridine rings is 2. The summed E-state index contributed by atoms with van der Waals surface area (Å²) in [6, 6.07) is 12.9. The summed E-state index contributed by atoms with van der Waals surface area (Å²) in [5, 5.41) is 5.24. The minimum atomic E-state index is -4.94. The van der Waals surface area contributed by atoms with Crippen LogP contribution in [0.15, 0.2) is 66.7 Å². The number of hydrogen-bond donors (Lipinski definition) is 3. The topological polar surface area (TPSA) is 204 Å². The predicted molar refractivity (Wildman–Crippen MR) is 248 cm³/mol. The zero-order chi connectivity index (χ0) is 50.3. The Morgan fingerprint density at radius 3 is 2.30 bits per heavy atom. The van der Waals surface area contributed by atoms with E-state index in [9.17, 15) is 36.0 Å². The fourth-order valence-electron chi connectivity index (χ4n) is 8.74. The molecule has 4 amide bonds. The minimum absolute atomic E-state index is 0.0588. The van der Waals surface area contributed by atoms with Crippen molar-refractivity contribution >= 4 is 33.8 Å². The maximum absolute atomic E-state index is 15.1. The van der Waals surface area contributed by atoms with E-state index in [1.54, 1.807) is 55.5 Å². The summed E-state index contributed by atoms with van der Waals surface area (Å²) in [4.78, 5) is 68.0. The number of alkyl halides is 3. The molecule has 4 heterocycles. The van der Waals surface area contributed by atoms with Gasteiger partial charge < -0.3 is 34.5 Å². The van der Waals surface area contributed by atoms with Crippen molar-refractivity contribution in [2.24, 2.45) is 17.8 Å². The van der Waals surface area contributed by atoms with Crippen molar-refractivity contribution in [3.8, 4) is 40.0 Å². The van der Waals surface area contributed by atoms with E-state index in [4.69, 9.17) is 23.9 Å². The second kappa shape index (κ2) is 19.5. The molecule has 4 aliphatic rings. The number of nitrogens with zero attached hydrogens (tertiary/aromatic N) is 3. The Morgan fingerprint density at radius 2 is 1.65 bits per heavy atom. The smallest absolute Gasteiger partial charge is 0.427 e. The van der Waals surface area contributed by atoms with Gasteiger partial charge in [-0.25, -0.2) is 23.2 Å². The molecule has 7 rings (SSSR count). The number of fused-ring (bicyclic) bond motifs is 2. The van der Waals surface area contributed by atoms with Crippen molar-refractivity contribution in [3.63, 3.8) is 0 Å². The van der Waals surface area contributed by atoms with Crippen LogP contribution in [0.25, 0.3) is 22.6 Å². The number of carbonyl (C=O) groups excluding carboxylic acids is 4. The normalized spacial score (nSPS) is 26.1. The SMILES string of the molecule is COc1cccc(-c2cc(OC3CC4C(=O)NC5(C(=O)NS(=O)(=O)C6(C)CC6)CC5C=CCCC(C)CC(C)C(NC(=O)OC(C)(C)C(F)(F)F)C(=O)N4C3)cc(-c3ccc(OC(C)C)cc3)n2)n1. The fraction of sp³-hybridized carbons (Fsp3) is 0.551. The molecule has 2 aliphatic carbocycles. The monoisotopic (exact) mass is 982 g/mol. The van der Waals surface area contributed by atoms with Crippen LogP contribution in [0.5, 0.6) is 17.4 Å². The maximum Gasteiger partial charge on any atom is 0.427 e. The highest BCUT2D eigenvalue weighted by molar-refractivity contribution is 7.91. The van der Waals surface area contributed by atoms with Crippen LogP contribution in [0.3, 0.4) is 0 Å². The number of alkyl carbamates (subject to hydrolysis) is 1. The van der Waals surface area contributed by atoms with Crippen LogP contribution in [0.4, 0.5) is 18.0 Å². The van der Waals surface area contributed by atoms with Crippen molar-refractivity contribution in [1.82, 2.24) is 30.2 Å². The molecule has 7 unspecified atom stereocenters. The van der Waals surface area contributed by atoms with Crippen LogP contribution < -0.4 is 29.6 Å². The first-order chi connectivity index (χ1) is 32.3. The number of sulfonamides is 1. The van der Waals surface area contributed by atoms with Crippen LogP contribution in [0.2, 0.25) is 0 Å². The quantitative estimate of drug-likeness (QED) is 0.153. The second-order valence-electron chi connectivity index (χ2n) is 19.8. The zero-order valence-corrected chi connectivity index (χ0v) is 40.8. The molecule has 3 N–H and O–H groups in total. The lowest BCUT2D eigenvalue weighted by Gasteiger charge is -2.34. The van der Waals surface area contributed by atoms with Crippen molar-refractivity contribution in [3.05, 3.63) is 66.7 Å². The number of amides is 4. The molecule has 16 nitrogen and oxygen atoms in total. The average Bonchev–Trinajstić information content (AvgIpc) is 4.16. The van der Waals surface area contributed by atoms with Gasteiger partial charge >= 0.3 is 12.3 Å². The Balaban J connectivity index is 1.26. The van der Waals surface area contributed by atoms with Gasteiger partial charge in [0.1, 0.15) is 35.2 Å². The first kappa shape index (κ1) is 50.9. The first-order valence-corrected chi connectivity index (χ1v) is 24.7. The van der Waals surface area contributed by atoms with Gasteiger partial charge in [-0.05, 0) is 115 Å². The van der Waals surface area contributed by atoms with Crippen LogP contribution >= 0.6 is 0 Å². The summed E-state index contributed by atoms with van der Waals surface area (Å²) in [7, 11) is -2.63. The van der Waals surface area contributed by atoms with Gasteiger partial charge in [-0.15, -0.1) is 0 Å². The van der Waals surface area contributed by atoms with Gasteiger partial charge in [-0.1, -0.05) is 32.1 Å². The summed E-state index contributed by atoms with van der Waals surface area (Å²) in [6.07, 6.45) is -1.65. The Morgan fingerprint density at radius 1 is 0.957 bits per heavy atom. The molecule has 2 aromatic heterocycles. The molecular formula is C49H61F3N6O10S. The summed E-state index contributed by atoms with van der Waals surface area (Å²) in [6.45, 7) is 10.1. The highest BCUT2D eigenvalue weighted by Gasteiger charge is 2.63. The molecule has 0 spiro atoms. The highest BCUT2D eigenvalue weighted by atomic mass is 32.2. The standard InChI is InChI=1S/C49H61F3N6O10S/c1-28(2)66-33-18-16-31(17-19-33)37-23-34(24-38(53-37)36-14-11-15-40(54-36)65-8)67-35-25-39-42(59)56-48(44(61)57-69(63,64)47(7)20-21-47)26-32(48)13-10-9-12-29(3)22-30(4)41(43(60)58(39)27-35)55-45(62)68-46(5,6)49(50,51)52/h10-11,13-19,23-24,28-30,32,35,39,41H,9,12,20-22,25-27H2,1-8H3,(H,55,62)(H,56,59)(H,57,61). The van der Waals surface area contributed by atoms with Crippen molar-refractivity contribution in [2.75, 3.05) is 13.7 Å². The van der Waals surface area contributed by atoms with Crippen LogP contribution in [0.1, 0.15) is 93.4 Å². The van der Waals surface area contributed by atoms with Gasteiger partial charge in [0.05, 0.1) is 41.6 Å². The van der Waals surface area contributed by atoms with E-state index in [-0.39, 0.29) is 37.2 Å². The fourth-order valence-corrected chi connectivity index (χ4v) is 10.0. The molecule has 374 valence electrons. The zero-order valence-electron chi connectivity index (χ0n) is 40.0. The third kappa shape index (κ3) is 11.4. The number of carbonyl (C=O) groups is 4. The largest absolute Gasteiger partial charge is 0.491 e. The molecule has 3 fully saturated rings. The lowest BCUT2D eigenvalue weighted by atomic mass is 9.88. The summed E-state index contributed by atoms with van der Waals surface area (Å²) in [5.74, 6) is -2.57. The van der Waals surface area contributed by atoms with Gasteiger partial charge in [0.2, 0.25) is 33.3 Å². The summed E-state index contributed by atoms with van der Waals surface area (Å²) < 4.78 is 92.2. The second-order valence-corrected chi connectivity index (χ2v) is 22.0. The van der Waals surface area contributed by atoms with Gasteiger partial charge in [-0.2, -0.15) is 13.2 Å². The number of methoxy groups -OCH3 is 1. The number of nitrogens with one attached hydrogen (secondary N) is 3. The van der Waals surface area contributed by atoms with E-state index < -0.39 is 85.9 Å². The van der Waals surface area contributed by atoms with E-state index in [1.807, 2.05) is 39.0 Å². The number of ether oxygens (including phenoxy) is 4. The molecule has 7 atom stereocenters. The van der Waals surface area contributed by atoms with Gasteiger partial charge in [0.15, 0.2) is 0 Å². The summed E-state index contributed by atoms with van der Waals surface area (Å²) in [5.41, 5.74) is -2.58. The molecule has 0 bridgehead atoms. The molecule has 20 heteroatoms. The van der Waals surface area contributed by atoms with E-state index in [1.165, 1.54) is 18.9 Å². The van der Waals surface area contributed by atoms with Crippen molar-refractivity contribution < 1.29 is 59.7 Å². The van der Waals surface area contributed by atoms with E-state index in [2.05, 4.69) is 20.3 Å². The molecule has 1 aromatic carbocycles. The Kier molecular flexibility index (Phi) is 14.4. The van der Waals surface area contributed by atoms with Crippen LogP contribution in [-0.4, -0.2) is 107 Å². The molecular weight excluding hydrogens is 922 g/mol. The third-order valence-corrected chi connectivity index (χ3v) is 15.5. The first-order valence-electron chi connectivity index (χ1n) is 23.2. The number of rotatable bonds is 12. The third-order valence-electron chi connectivity index (χ3n) is 13.4. The van der Waals surface area contributed by atoms with E-state index in [0.29, 0.717) is 80.2 Å². The van der Waals surface area contributed by atoms with Crippen molar-refractivity contribution in [1.29, 1.82) is 0 Å². The molecule has 2 saturated carbocycles. The maximum atomic E-state index is 15.1. The number of allylic oxidation sites excluding steroid dienone is 1. The molecule has 3 aromatic rings. The van der Waals surface area contributed by atoms with Crippen LogP contribution in [-0.2, 0) is 29.1 Å². The van der Waals surface area contributed by atoms with Gasteiger partial charge in [-0.3, -0.25) is 19.1 Å². The van der Waals surface area contributed by atoms with Crippen molar-refractivity contribution in [2.45, 2.75) is 140 Å². The lowest BCUT2D eigenvalue weighted by molar-refractivity contribution is -0.244. The lowest BCUT2D eigenvalue weighted by Crippen LogP contribution is -2.59. The van der Waals surface area contributed by atoms with Gasteiger partial charge in [0.25, 0.3) is 5.91 Å². The predicted octanol–water partition coefficient (Wildman–Crippen LogP) is 7.28. The molecule has 2 aliphatic heterocycles. The highest BCUT2D eigenvalue weighted by Crippen LogP contribution is 2.48. The molecule has 69 heavy (non-hydrogen) atoms. The number of hydrogen-bond acceptors (Lipinski definition) is 12. The van der Waals surface area contributed by atoms with E-state index in [0.717, 1.165) is 0 Å². The molecule has 0 radical (unpaired) electrons. The van der Waals surface area contributed by atoms with Gasteiger partial charge in [0, 0.05) is 36.1 Å². The Labute approximate surface area is 400 Å². The number of halogens is 3. The number of aromatic nitrogens is 2. The van der Waals surface area contributed by atoms with E-state index >= 15 is 4.79 Å². The van der Waals surface area contributed by atoms with Crippen LogP contribution in [0, 0.1) is 17.8 Å². The Hall–Kier alpha value is -5.92.